The van der Waals surface area contributed by atoms with Crippen LogP contribution in [-0.4, -0.2) is 11.6 Å². The van der Waals surface area contributed by atoms with Gasteiger partial charge in [0.15, 0.2) is 0 Å². The lowest BCUT2D eigenvalue weighted by atomic mass is 10.1. The number of pyridine rings is 1. The summed E-state index contributed by atoms with van der Waals surface area (Å²) in [4.78, 5) is 4.00. The van der Waals surface area contributed by atoms with Crippen LogP contribution in [0.2, 0.25) is 0 Å². The number of nitrogens with zero attached hydrogens (tertiary/aromatic N) is 3. The Morgan fingerprint density at radius 1 is 0.792 bits per heavy atom. The van der Waals surface area contributed by atoms with Gasteiger partial charge < -0.3 is 4.74 Å². The lowest BCUT2D eigenvalue weighted by Crippen LogP contribution is -1.99. The zero-order valence-electron chi connectivity index (χ0n) is 13.4. The van der Waals surface area contributed by atoms with Gasteiger partial charge in [0, 0.05) is 6.20 Å². The van der Waals surface area contributed by atoms with Gasteiger partial charge in [-0.25, -0.2) is 0 Å². The lowest BCUT2D eigenvalue weighted by molar-refractivity contribution is 0.311. The molecule has 0 radical (unpaired) electrons. The van der Waals surface area contributed by atoms with E-state index in [0.29, 0.717) is 6.61 Å². The van der Waals surface area contributed by atoms with E-state index in [0.717, 1.165) is 30.0 Å². The fourth-order valence-corrected chi connectivity index (χ4v) is 2.25. The van der Waals surface area contributed by atoms with Gasteiger partial charge in [-0.15, -0.1) is 5.11 Å². The smallest absolute Gasteiger partial charge is 0.119 e. The number of aromatic nitrogens is 1. The largest absolute Gasteiger partial charge is 0.494 e. The van der Waals surface area contributed by atoms with Crippen molar-refractivity contribution < 1.29 is 4.74 Å². The van der Waals surface area contributed by atoms with E-state index in [4.69, 9.17) is 4.74 Å². The van der Waals surface area contributed by atoms with Crippen molar-refractivity contribution in [3.05, 3.63) is 84.7 Å². The average molecular weight is 317 g/mol. The first-order chi connectivity index (χ1) is 11.9. The molecular formula is C20H19N3O. The van der Waals surface area contributed by atoms with Crippen LogP contribution in [0.25, 0.3) is 0 Å². The van der Waals surface area contributed by atoms with Crippen LogP contribution < -0.4 is 4.74 Å². The van der Waals surface area contributed by atoms with Crippen LogP contribution in [0.15, 0.2) is 89.4 Å². The van der Waals surface area contributed by atoms with E-state index in [9.17, 15) is 0 Å². The third-order valence-corrected chi connectivity index (χ3v) is 3.48. The van der Waals surface area contributed by atoms with Crippen molar-refractivity contribution in [2.24, 2.45) is 10.2 Å². The molecule has 0 unspecified atom stereocenters. The summed E-state index contributed by atoms with van der Waals surface area (Å²) < 4.78 is 5.76. The maximum atomic E-state index is 5.76. The molecule has 4 heteroatoms. The second kappa shape index (κ2) is 8.58. The molecule has 0 spiro atoms. The number of azo groups is 1. The van der Waals surface area contributed by atoms with Crippen LogP contribution in [0.5, 0.6) is 5.75 Å². The van der Waals surface area contributed by atoms with Gasteiger partial charge in [0.2, 0.25) is 0 Å². The van der Waals surface area contributed by atoms with E-state index in [-0.39, 0.29) is 0 Å². The molecule has 1 aromatic heterocycles. The average Bonchev–Trinajstić information content (AvgIpc) is 2.66. The number of benzene rings is 2. The van der Waals surface area contributed by atoms with Crippen molar-refractivity contribution in [1.29, 1.82) is 0 Å². The molecule has 0 aliphatic rings. The summed E-state index contributed by atoms with van der Waals surface area (Å²) in [5.74, 6) is 0.850. The van der Waals surface area contributed by atoms with Crippen molar-refractivity contribution in [2.75, 3.05) is 6.61 Å². The minimum absolute atomic E-state index is 0.700. The summed E-state index contributed by atoms with van der Waals surface area (Å²) in [7, 11) is 0. The number of rotatable bonds is 7. The molecule has 0 aliphatic carbocycles. The molecule has 24 heavy (non-hydrogen) atoms. The second-order valence-corrected chi connectivity index (χ2v) is 5.34. The van der Waals surface area contributed by atoms with Gasteiger partial charge in [-0.2, -0.15) is 5.11 Å². The van der Waals surface area contributed by atoms with Gasteiger partial charge in [0.05, 0.1) is 18.5 Å². The number of hydrogen-bond acceptors (Lipinski definition) is 4. The molecule has 0 atom stereocenters. The van der Waals surface area contributed by atoms with Gasteiger partial charge in [-0.1, -0.05) is 30.3 Å². The summed E-state index contributed by atoms with van der Waals surface area (Å²) in [6.07, 6.45) is 5.40. The third kappa shape index (κ3) is 5.02. The quantitative estimate of drug-likeness (QED) is 0.426. The molecule has 0 aliphatic heterocycles. The summed E-state index contributed by atoms with van der Waals surface area (Å²) in [6.45, 7) is 0.700. The molecule has 0 bridgehead atoms. The molecule has 3 aromatic rings. The Hall–Kier alpha value is -3.01. The van der Waals surface area contributed by atoms with Crippen LogP contribution in [-0.2, 0) is 6.42 Å². The lowest BCUT2D eigenvalue weighted by Gasteiger charge is -2.06. The van der Waals surface area contributed by atoms with Gasteiger partial charge in [0.25, 0.3) is 0 Å². The Morgan fingerprint density at radius 3 is 2.33 bits per heavy atom. The van der Waals surface area contributed by atoms with Crippen molar-refractivity contribution in [2.45, 2.75) is 12.8 Å². The summed E-state index contributed by atoms with van der Waals surface area (Å²) in [5, 5.41) is 8.32. The topological polar surface area (TPSA) is 46.8 Å². The van der Waals surface area contributed by atoms with E-state index >= 15 is 0 Å². The zero-order chi connectivity index (χ0) is 16.5. The first kappa shape index (κ1) is 15.9. The Labute approximate surface area is 141 Å². The van der Waals surface area contributed by atoms with Crippen LogP contribution in [0, 0.1) is 0 Å². The first-order valence-corrected chi connectivity index (χ1v) is 7.99. The highest BCUT2D eigenvalue weighted by atomic mass is 16.5. The standard InChI is InChI=1S/C20H19N3O/c1-2-6-17(7-3-1)8-5-15-24-20-12-10-18(11-13-20)22-23-19-9-4-14-21-16-19/h1-4,6-7,9-14,16H,5,8,15H2. The molecule has 4 nitrogen and oxygen atoms in total. The van der Waals surface area contributed by atoms with E-state index in [1.807, 2.05) is 42.5 Å². The highest BCUT2D eigenvalue weighted by Crippen LogP contribution is 2.21. The molecular weight excluding hydrogens is 298 g/mol. The SMILES string of the molecule is c1ccc(CCCOc2ccc(N=Nc3cccnc3)cc2)cc1. The Bertz CT molecular complexity index is 756. The second-order valence-electron chi connectivity index (χ2n) is 5.34. The number of hydrogen-bond donors (Lipinski definition) is 0. The molecule has 1 heterocycles. The van der Waals surface area contributed by atoms with Crippen LogP contribution in [0.1, 0.15) is 12.0 Å². The first-order valence-electron chi connectivity index (χ1n) is 7.99. The Kier molecular flexibility index (Phi) is 5.67. The zero-order valence-corrected chi connectivity index (χ0v) is 13.4. The molecule has 0 amide bonds. The Morgan fingerprint density at radius 2 is 1.58 bits per heavy atom. The van der Waals surface area contributed by atoms with Crippen LogP contribution in [0.4, 0.5) is 11.4 Å². The monoisotopic (exact) mass is 317 g/mol. The summed E-state index contributed by atoms with van der Waals surface area (Å²) in [5.41, 5.74) is 2.86. The summed E-state index contributed by atoms with van der Waals surface area (Å²) in [6, 6.07) is 21.8. The molecule has 120 valence electrons. The molecule has 0 N–H and O–H groups in total. The molecule has 0 fully saturated rings. The number of ether oxygens (including phenoxy) is 1. The molecule has 2 aromatic carbocycles. The third-order valence-electron chi connectivity index (χ3n) is 3.48. The van der Waals surface area contributed by atoms with E-state index in [1.165, 1.54) is 5.56 Å². The minimum atomic E-state index is 0.700. The maximum absolute atomic E-state index is 5.76. The minimum Gasteiger partial charge on any atom is -0.494 e. The number of aryl methyl sites for hydroxylation is 1. The normalized spacial score (nSPS) is 10.8. The highest BCUT2D eigenvalue weighted by Gasteiger charge is 1.97. The van der Waals surface area contributed by atoms with E-state index in [2.05, 4.69) is 39.5 Å². The fraction of sp³-hybridized carbons (Fsp3) is 0.150. The fourth-order valence-electron chi connectivity index (χ4n) is 2.25. The maximum Gasteiger partial charge on any atom is 0.119 e. The predicted octanol–water partition coefficient (Wildman–Crippen LogP) is 5.51. The van der Waals surface area contributed by atoms with E-state index in [1.54, 1.807) is 12.4 Å². The highest BCUT2D eigenvalue weighted by molar-refractivity contribution is 5.42. The summed E-state index contributed by atoms with van der Waals surface area (Å²) >= 11 is 0. The molecule has 0 saturated heterocycles. The van der Waals surface area contributed by atoms with Crippen molar-refractivity contribution in [3.8, 4) is 5.75 Å². The van der Waals surface area contributed by atoms with Gasteiger partial charge in [0.1, 0.15) is 11.4 Å². The van der Waals surface area contributed by atoms with Crippen LogP contribution in [0.3, 0.4) is 0 Å². The molecule has 3 rings (SSSR count). The van der Waals surface area contributed by atoms with Crippen LogP contribution >= 0.6 is 0 Å². The Balaban J connectivity index is 1.45. The van der Waals surface area contributed by atoms with Gasteiger partial charge >= 0.3 is 0 Å². The van der Waals surface area contributed by atoms with Crippen molar-refractivity contribution in [3.63, 3.8) is 0 Å². The molecule has 0 saturated carbocycles. The van der Waals surface area contributed by atoms with Gasteiger partial charge in [-0.05, 0) is 54.8 Å². The van der Waals surface area contributed by atoms with Gasteiger partial charge in [-0.3, -0.25) is 4.98 Å². The predicted molar refractivity (Wildman–Crippen MR) is 95.1 cm³/mol. The van der Waals surface area contributed by atoms with Crippen molar-refractivity contribution in [1.82, 2.24) is 4.98 Å². The van der Waals surface area contributed by atoms with Crippen molar-refractivity contribution >= 4 is 11.4 Å². The van der Waals surface area contributed by atoms with E-state index < -0.39 is 0 Å².